The first-order valence-electron chi connectivity index (χ1n) is 6.63. The molecule has 0 radical (unpaired) electrons. The summed E-state index contributed by atoms with van der Waals surface area (Å²) in [7, 11) is 3.11. The van der Waals surface area contributed by atoms with Crippen LogP contribution in [-0.2, 0) is 6.42 Å². The number of hydrogen-bond donors (Lipinski definition) is 1. The van der Waals surface area contributed by atoms with Crippen molar-refractivity contribution in [3.8, 4) is 11.5 Å². The SMILES string of the molecule is COc1ccc(C(=O)NCCc2ccncc2)cc1OC. The van der Waals surface area contributed by atoms with Gasteiger partial charge in [-0.25, -0.2) is 0 Å². The summed E-state index contributed by atoms with van der Waals surface area (Å²) in [6.45, 7) is 0.567. The molecule has 5 heteroatoms. The number of benzene rings is 1. The molecule has 110 valence electrons. The van der Waals surface area contributed by atoms with Gasteiger partial charge in [0, 0.05) is 24.5 Å². The van der Waals surface area contributed by atoms with Gasteiger partial charge in [-0.05, 0) is 42.3 Å². The molecule has 5 nitrogen and oxygen atoms in total. The van der Waals surface area contributed by atoms with Crippen molar-refractivity contribution in [3.63, 3.8) is 0 Å². The Hall–Kier alpha value is -2.56. The van der Waals surface area contributed by atoms with E-state index in [1.54, 1.807) is 44.8 Å². The van der Waals surface area contributed by atoms with Crippen LogP contribution in [0.25, 0.3) is 0 Å². The Morgan fingerprint density at radius 3 is 2.48 bits per heavy atom. The number of rotatable bonds is 6. The van der Waals surface area contributed by atoms with Gasteiger partial charge in [0.15, 0.2) is 11.5 Å². The van der Waals surface area contributed by atoms with Crippen LogP contribution < -0.4 is 14.8 Å². The van der Waals surface area contributed by atoms with E-state index in [1.165, 1.54) is 0 Å². The number of carbonyl (C=O) groups excluding carboxylic acids is 1. The predicted octanol–water partition coefficient (Wildman–Crippen LogP) is 2.07. The third-order valence-corrected chi connectivity index (χ3v) is 3.09. The molecular weight excluding hydrogens is 268 g/mol. The van der Waals surface area contributed by atoms with Crippen molar-refractivity contribution in [2.24, 2.45) is 0 Å². The number of ether oxygens (including phenoxy) is 2. The van der Waals surface area contributed by atoms with Crippen molar-refractivity contribution in [2.75, 3.05) is 20.8 Å². The zero-order valence-electron chi connectivity index (χ0n) is 12.1. The number of hydrogen-bond acceptors (Lipinski definition) is 4. The number of nitrogens with zero attached hydrogens (tertiary/aromatic N) is 1. The highest BCUT2D eigenvalue weighted by Gasteiger charge is 2.10. The van der Waals surface area contributed by atoms with Crippen LogP contribution in [0.5, 0.6) is 11.5 Å². The molecule has 0 saturated carbocycles. The quantitative estimate of drug-likeness (QED) is 0.883. The van der Waals surface area contributed by atoms with Crippen molar-refractivity contribution in [2.45, 2.75) is 6.42 Å². The van der Waals surface area contributed by atoms with Crippen LogP contribution in [0.4, 0.5) is 0 Å². The second kappa shape index (κ2) is 7.28. The topological polar surface area (TPSA) is 60.5 Å². The lowest BCUT2D eigenvalue weighted by Crippen LogP contribution is -2.25. The van der Waals surface area contributed by atoms with Gasteiger partial charge in [0.1, 0.15) is 0 Å². The fraction of sp³-hybridized carbons (Fsp3) is 0.250. The van der Waals surface area contributed by atoms with Crippen molar-refractivity contribution in [1.82, 2.24) is 10.3 Å². The van der Waals surface area contributed by atoms with Gasteiger partial charge in [-0.15, -0.1) is 0 Å². The number of amides is 1. The Bertz CT molecular complexity index is 600. The Balaban J connectivity index is 1.94. The first-order chi connectivity index (χ1) is 10.2. The molecule has 0 aliphatic heterocycles. The highest BCUT2D eigenvalue weighted by molar-refractivity contribution is 5.94. The minimum Gasteiger partial charge on any atom is -0.493 e. The maximum Gasteiger partial charge on any atom is 0.251 e. The Morgan fingerprint density at radius 1 is 1.10 bits per heavy atom. The van der Waals surface area contributed by atoms with E-state index in [0.29, 0.717) is 23.6 Å². The van der Waals surface area contributed by atoms with Crippen molar-refractivity contribution < 1.29 is 14.3 Å². The summed E-state index contributed by atoms with van der Waals surface area (Å²) >= 11 is 0. The van der Waals surface area contributed by atoms with E-state index in [-0.39, 0.29) is 5.91 Å². The first-order valence-corrected chi connectivity index (χ1v) is 6.63. The molecule has 1 amide bonds. The van der Waals surface area contributed by atoms with Gasteiger partial charge in [-0.1, -0.05) is 0 Å². The van der Waals surface area contributed by atoms with E-state index >= 15 is 0 Å². The Morgan fingerprint density at radius 2 is 1.81 bits per heavy atom. The van der Waals surface area contributed by atoms with E-state index in [9.17, 15) is 4.79 Å². The third kappa shape index (κ3) is 3.95. The molecule has 0 spiro atoms. The predicted molar refractivity (Wildman–Crippen MR) is 79.8 cm³/mol. The van der Waals surface area contributed by atoms with E-state index < -0.39 is 0 Å². The van der Waals surface area contributed by atoms with Crippen LogP contribution >= 0.6 is 0 Å². The van der Waals surface area contributed by atoms with Gasteiger partial charge in [-0.3, -0.25) is 9.78 Å². The molecule has 2 rings (SSSR count). The van der Waals surface area contributed by atoms with Crippen LogP contribution in [0.3, 0.4) is 0 Å². The molecular formula is C16H18N2O3. The first kappa shape index (κ1) is 14.8. The van der Waals surface area contributed by atoms with Gasteiger partial charge >= 0.3 is 0 Å². The summed E-state index contributed by atoms with van der Waals surface area (Å²) in [5, 5.41) is 2.88. The molecule has 0 aliphatic carbocycles. The fourth-order valence-electron chi connectivity index (χ4n) is 1.95. The molecule has 0 saturated heterocycles. The van der Waals surface area contributed by atoms with Gasteiger partial charge in [-0.2, -0.15) is 0 Å². The normalized spacial score (nSPS) is 10.0. The van der Waals surface area contributed by atoms with Gasteiger partial charge < -0.3 is 14.8 Å². The lowest BCUT2D eigenvalue weighted by molar-refractivity contribution is 0.0953. The third-order valence-electron chi connectivity index (χ3n) is 3.09. The molecule has 0 fully saturated rings. The second-order valence-corrected chi connectivity index (χ2v) is 4.43. The molecule has 1 heterocycles. The standard InChI is InChI=1S/C16H18N2O3/c1-20-14-4-3-13(11-15(14)21-2)16(19)18-10-7-12-5-8-17-9-6-12/h3-6,8-9,11H,7,10H2,1-2H3,(H,18,19). The molecule has 1 aromatic carbocycles. The average molecular weight is 286 g/mol. The smallest absolute Gasteiger partial charge is 0.251 e. The minimum absolute atomic E-state index is 0.134. The summed E-state index contributed by atoms with van der Waals surface area (Å²) in [6.07, 6.45) is 4.25. The molecule has 2 aromatic rings. The molecule has 0 bridgehead atoms. The number of pyridine rings is 1. The van der Waals surface area contributed by atoms with Crippen molar-refractivity contribution in [3.05, 3.63) is 53.9 Å². The minimum atomic E-state index is -0.134. The monoisotopic (exact) mass is 286 g/mol. The number of aromatic nitrogens is 1. The molecule has 21 heavy (non-hydrogen) atoms. The highest BCUT2D eigenvalue weighted by Crippen LogP contribution is 2.27. The zero-order valence-corrected chi connectivity index (χ0v) is 12.1. The van der Waals surface area contributed by atoms with Gasteiger partial charge in [0.2, 0.25) is 0 Å². The summed E-state index contributed by atoms with van der Waals surface area (Å²) < 4.78 is 10.3. The van der Waals surface area contributed by atoms with Crippen molar-refractivity contribution >= 4 is 5.91 Å². The summed E-state index contributed by atoms with van der Waals surface area (Å²) in [5.74, 6) is 1.01. The Kier molecular flexibility index (Phi) is 5.15. The van der Waals surface area contributed by atoms with E-state index in [4.69, 9.17) is 9.47 Å². The number of carbonyl (C=O) groups is 1. The molecule has 0 unspecified atom stereocenters. The largest absolute Gasteiger partial charge is 0.493 e. The van der Waals surface area contributed by atoms with Crippen molar-refractivity contribution in [1.29, 1.82) is 0 Å². The highest BCUT2D eigenvalue weighted by atomic mass is 16.5. The average Bonchev–Trinajstić information content (AvgIpc) is 2.55. The maximum atomic E-state index is 12.1. The molecule has 0 aliphatic rings. The fourth-order valence-corrected chi connectivity index (χ4v) is 1.95. The summed E-state index contributed by atoms with van der Waals surface area (Å²) in [5.41, 5.74) is 1.68. The van der Waals surface area contributed by atoms with E-state index in [0.717, 1.165) is 12.0 Å². The van der Waals surface area contributed by atoms with Crippen LogP contribution in [-0.4, -0.2) is 31.7 Å². The van der Waals surface area contributed by atoms with E-state index in [2.05, 4.69) is 10.3 Å². The molecule has 1 aromatic heterocycles. The Labute approximate surface area is 123 Å². The van der Waals surface area contributed by atoms with Crippen LogP contribution in [0, 0.1) is 0 Å². The van der Waals surface area contributed by atoms with E-state index in [1.807, 2.05) is 12.1 Å². The molecule has 0 atom stereocenters. The van der Waals surface area contributed by atoms with Crippen LogP contribution in [0.1, 0.15) is 15.9 Å². The zero-order chi connectivity index (χ0) is 15.1. The second-order valence-electron chi connectivity index (χ2n) is 4.43. The van der Waals surface area contributed by atoms with Crippen LogP contribution in [0.2, 0.25) is 0 Å². The van der Waals surface area contributed by atoms with Gasteiger partial charge in [0.25, 0.3) is 5.91 Å². The number of nitrogens with one attached hydrogen (secondary N) is 1. The summed E-state index contributed by atoms with van der Waals surface area (Å²) in [4.78, 5) is 16.0. The maximum absolute atomic E-state index is 12.1. The molecule has 1 N–H and O–H groups in total. The van der Waals surface area contributed by atoms with Crippen LogP contribution in [0.15, 0.2) is 42.7 Å². The lowest BCUT2D eigenvalue weighted by Gasteiger charge is -2.10. The summed E-state index contributed by atoms with van der Waals surface area (Å²) in [6, 6.07) is 8.96. The number of methoxy groups -OCH3 is 2. The van der Waals surface area contributed by atoms with Gasteiger partial charge in [0.05, 0.1) is 14.2 Å². The lowest BCUT2D eigenvalue weighted by atomic mass is 10.1.